The molecule has 2 N–H and O–H groups in total. The molecule has 0 aromatic heterocycles. The molecule has 174 valence electrons. The molecule has 1 unspecified atom stereocenters. The molecule has 0 spiro atoms. The molecule has 0 aromatic carbocycles. The number of hydrogen-bond donors (Lipinski definition) is 2. The summed E-state index contributed by atoms with van der Waals surface area (Å²) in [6.45, 7) is 4.12. The summed E-state index contributed by atoms with van der Waals surface area (Å²) in [7, 11) is -1.58. The van der Waals surface area contributed by atoms with Gasteiger partial charge in [-0.3, -0.25) is 4.99 Å². The molecule has 1 aliphatic carbocycles. The minimum absolute atomic E-state index is 0.00596. The van der Waals surface area contributed by atoms with Gasteiger partial charge in [-0.25, -0.2) is 13.1 Å². The SMILES string of the molecule is CN=C(NCCS(=O)(=O)NCC1CCCCO1)N1CCC(OCC2CCCC2)CC1. The van der Waals surface area contributed by atoms with E-state index < -0.39 is 10.0 Å². The Balaban J connectivity index is 1.31. The molecule has 0 bridgehead atoms. The lowest BCUT2D eigenvalue weighted by Crippen LogP contribution is -2.48. The van der Waals surface area contributed by atoms with Gasteiger partial charge in [0.05, 0.1) is 18.0 Å². The van der Waals surface area contributed by atoms with Crippen molar-refractivity contribution in [1.82, 2.24) is 14.9 Å². The van der Waals surface area contributed by atoms with Crippen LogP contribution in [0.25, 0.3) is 0 Å². The van der Waals surface area contributed by atoms with E-state index in [0.29, 0.717) is 19.2 Å². The van der Waals surface area contributed by atoms with E-state index in [1.54, 1.807) is 7.05 Å². The van der Waals surface area contributed by atoms with E-state index in [1.165, 1.54) is 25.7 Å². The van der Waals surface area contributed by atoms with E-state index in [1.807, 2.05) is 0 Å². The summed E-state index contributed by atoms with van der Waals surface area (Å²) in [5, 5.41) is 3.21. The van der Waals surface area contributed by atoms with E-state index in [4.69, 9.17) is 9.47 Å². The Kier molecular flexibility index (Phi) is 9.67. The Morgan fingerprint density at radius 2 is 1.83 bits per heavy atom. The predicted octanol–water partition coefficient (Wildman–Crippen LogP) is 1.72. The van der Waals surface area contributed by atoms with Crippen LogP contribution in [0, 0.1) is 5.92 Å². The van der Waals surface area contributed by atoms with Crippen LogP contribution in [0.5, 0.6) is 0 Å². The zero-order valence-corrected chi connectivity index (χ0v) is 19.3. The van der Waals surface area contributed by atoms with E-state index >= 15 is 0 Å². The summed E-state index contributed by atoms with van der Waals surface area (Å²) in [5.41, 5.74) is 0. The fraction of sp³-hybridized carbons (Fsp3) is 0.952. The van der Waals surface area contributed by atoms with Crippen LogP contribution in [-0.4, -0.2) is 83.7 Å². The first-order valence-electron chi connectivity index (χ1n) is 11.7. The first-order chi connectivity index (χ1) is 14.6. The first kappa shape index (κ1) is 23.8. The molecule has 9 heteroatoms. The number of piperidine rings is 1. The van der Waals surface area contributed by atoms with E-state index in [9.17, 15) is 8.42 Å². The van der Waals surface area contributed by atoms with Crippen LogP contribution in [0.3, 0.4) is 0 Å². The average molecular weight is 445 g/mol. The van der Waals surface area contributed by atoms with E-state index in [2.05, 4.69) is 19.9 Å². The number of ether oxygens (including phenoxy) is 2. The molecule has 1 atom stereocenters. The zero-order chi connectivity index (χ0) is 21.2. The van der Waals surface area contributed by atoms with Crippen molar-refractivity contribution >= 4 is 16.0 Å². The second-order valence-electron chi connectivity index (χ2n) is 8.80. The Bertz CT molecular complexity index is 623. The topological polar surface area (TPSA) is 92.3 Å². The first-order valence-corrected chi connectivity index (χ1v) is 13.4. The van der Waals surface area contributed by atoms with Crippen molar-refractivity contribution in [3.8, 4) is 0 Å². The van der Waals surface area contributed by atoms with Gasteiger partial charge in [0.25, 0.3) is 0 Å². The van der Waals surface area contributed by atoms with Gasteiger partial charge < -0.3 is 19.7 Å². The fourth-order valence-corrected chi connectivity index (χ4v) is 5.53. The highest BCUT2D eigenvalue weighted by Gasteiger charge is 2.24. The van der Waals surface area contributed by atoms with Crippen LogP contribution >= 0.6 is 0 Å². The molecule has 3 fully saturated rings. The fourth-order valence-electron chi connectivity index (χ4n) is 4.57. The number of sulfonamides is 1. The van der Waals surface area contributed by atoms with Gasteiger partial charge in [-0.05, 0) is 50.9 Å². The Labute approximate surface area is 182 Å². The molecule has 2 aliphatic heterocycles. The Morgan fingerprint density at radius 3 is 2.50 bits per heavy atom. The second kappa shape index (κ2) is 12.2. The van der Waals surface area contributed by atoms with Gasteiger partial charge >= 0.3 is 0 Å². The molecule has 30 heavy (non-hydrogen) atoms. The Hall–Kier alpha value is -0.900. The zero-order valence-electron chi connectivity index (χ0n) is 18.5. The van der Waals surface area contributed by atoms with E-state index in [-0.39, 0.29) is 11.9 Å². The number of hydrogen-bond acceptors (Lipinski definition) is 5. The lowest BCUT2D eigenvalue weighted by Gasteiger charge is -2.34. The van der Waals surface area contributed by atoms with Crippen LogP contribution in [-0.2, 0) is 19.5 Å². The number of aliphatic imine (C=N–C) groups is 1. The number of likely N-dealkylation sites (tertiary alicyclic amines) is 1. The minimum Gasteiger partial charge on any atom is -0.378 e. The summed E-state index contributed by atoms with van der Waals surface area (Å²) in [6.07, 6.45) is 10.8. The maximum absolute atomic E-state index is 12.3. The second-order valence-corrected chi connectivity index (χ2v) is 10.7. The van der Waals surface area contributed by atoms with Crippen LogP contribution in [0.4, 0.5) is 0 Å². The molecule has 2 heterocycles. The van der Waals surface area contributed by atoms with Gasteiger partial charge in [0.2, 0.25) is 10.0 Å². The normalized spacial score (nSPS) is 25.0. The van der Waals surface area contributed by atoms with Gasteiger partial charge in [0, 0.05) is 46.4 Å². The van der Waals surface area contributed by atoms with Crippen molar-refractivity contribution in [2.75, 3.05) is 52.2 Å². The highest BCUT2D eigenvalue weighted by molar-refractivity contribution is 7.89. The molecule has 3 rings (SSSR count). The van der Waals surface area contributed by atoms with Crippen molar-refractivity contribution in [2.45, 2.75) is 70.0 Å². The van der Waals surface area contributed by atoms with Crippen LogP contribution < -0.4 is 10.0 Å². The lowest BCUT2D eigenvalue weighted by molar-refractivity contribution is 0.00103. The van der Waals surface area contributed by atoms with Crippen LogP contribution in [0.15, 0.2) is 4.99 Å². The van der Waals surface area contributed by atoms with Crippen molar-refractivity contribution in [1.29, 1.82) is 0 Å². The average Bonchev–Trinajstić information content (AvgIpc) is 3.29. The Morgan fingerprint density at radius 1 is 1.10 bits per heavy atom. The van der Waals surface area contributed by atoms with Crippen molar-refractivity contribution in [2.24, 2.45) is 10.9 Å². The highest BCUT2D eigenvalue weighted by Crippen LogP contribution is 2.26. The standard InChI is InChI=1S/C21H40N4O4S/c1-22-21(23-11-15-30(26,27)24-16-20-8-4-5-14-28-20)25-12-9-19(10-13-25)29-17-18-6-2-3-7-18/h18-20,24H,2-17H2,1H3,(H,22,23). The lowest BCUT2D eigenvalue weighted by atomic mass is 10.1. The maximum Gasteiger partial charge on any atom is 0.213 e. The van der Waals surface area contributed by atoms with Crippen molar-refractivity contribution in [3.05, 3.63) is 0 Å². The third kappa shape index (κ3) is 7.98. The summed E-state index contributed by atoms with van der Waals surface area (Å²) in [6, 6.07) is 0. The summed E-state index contributed by atoms with van der Waals surface area (Å²) in [4.78, 5) is 6.54. The number of guanidine groups is 1. The van der Waals surface area contributed by atoms with Crippen LogP contribution in [0.1, 0.15) is 57.8 Å². The summed E-state index contributed by atoms with van der Waals surface area (Å²) >= 11 is 0. The molecule has 3 aliphatic rings. The quantitative estimate of drug-likeness (QED) is 0.416. The van der Waals surface area contributed by atoms with E-state index in [0.717, 1.165) is 70.3 Å². The smallest absolute Gasteiger partial charge is 0.213 e. The van der Waals surface area contributed by atoms with Crippen molar-refractivity contribution in [3.63, 3.8) is 0 Å². The minimum atomic E-state index is -3.33. The highest BCUT2D eigenvalue weighted by atomic mass is 32.2. The molecular weight excluding hydrogens is 404 g/mol. The molecule has 0 aromatic rings. The monoisotopic (exact) mass is 444 g/mol. The molecular formula is C21H40N4O4S. The predicted molar refractivity (Wildman–Crippen MR) is 119 cm³/mol. The van der Waals surface area contributed by atoms with Gasteiger partial charge in [-0.15, -0.1) is 0 Å². The molecule has 0 radical (unpaired) electrons. The van der Waals surface area contributed by atoms with Crippen molar-refractivity contribution < 1.29 is 17.9 Å². The molecule has 8 nitrogen and oxygen atoms in total. The van der Waals surface area contributed by atoms with Gasteiger partial charge in [0.1, 0.15) is 0 Å². The molecule has 1 saturated carbocycles. The summed E-state index contributed by atoms with van der Waals surface area (Å²) < 4.78 is 38.9. The largest absolute Gasteiger partial charge is 0.378 e. The molecule has 0 amide bonds. The number of nitrogens with zero attached hydrogens (tertiary/aromatic N) is 2. The molecule has 2 saturated heterocycles. The van der Waals surface area contributed by atoms with Gasteiger partial charge in [-0.2, -0.15) is 0 Å². The number of nitrogens with one attached hydrogen (secondary N) is 2. The third-order valence-electron chi connectivity index (χ3n) is 6.45. The van der Waals surface area contributed by atoms with Crippen LogP contribution in [0.2, 0.25) is 0 Å². The maximum atomic E-state index is 12.3. The summed E-state index contributed by atoms with van der Waals surface area (Å²) in [5.74, 6) is 1.56. The van der Waals surface area contributed by atoms with Gasteiger partial charge in [-0.1, -0.05) is 12.8 Å². The third-order valence-corrected chi connectivity index (χ3v) is 7.80. The number of rotatable bonds is 9. The van der Waals surface area contributed by atoms with Gasteiger partial charge in [0.15, 0.2) is 5.96 Å².